The topological polar surface area (TPSA) is 58.7 Å². The molecule has 5 heteroatoms. The van der Waals surface area contributed by atoms with Gasteiger partial charge in [-0.3, -0.25) is 4.98 Å². The van der Waals surface area contributed by atoms with E-state index in [1.165, 1.54) is 33.4 Å². The number of hydrogen-bond acceptors (Lipinski definition) is 2. The summed E-state index contributed by atoms with van der Waals surface area (Å²) >= 11 is 0. The molecule has 27 heavy (non-hydrogen) atoms. The first-order chi connectivity index (χ1) is 12.3. The molecule has 1 amide bonds. The number of pyridine rings is 1. The largest absolute Gasteiger partial charge is 0.662 e. The number of aromatic nitrogens is 2. The van der Waals surface area contributed by atoms with Crippen LogP contribution in [0.2, 0.25) is 0 Å². The molecule has 0 aliphatic heterocycles. The first kappa shape index (κ1) is 23.1. The third kappa shape index (κ3) is 4.16. The normalized spacial score (nSPS) is 10.2. The number of amides is 1. The van der Waals surface area contributed by atoms with Gasteiger partial charge in [-0.05, 0) is 80.1 Å². The van der Waals surface area contributed by atoms with E-state index in [1.54, 1.807) is 18.5 Å². The van der Waals surface area contributed by atoms with Gasteiger partial charge < -0.3 is 15.1 Å². The number of benzene rings is 1. The van der Waals surface area contributed by atoms with Crippen LogP contribution in [-0.4, -0.2) is 15.5 Å². The van der Waals surface area contributed by atoms with E-state index in [9.17, 15) is 4.79 Å². The number of carbonyl (C=O) groups excluding carboxylic acids is 1. The maximum Gasteiger partial charge on any atom is 0.0964 e. The average molecular weight is 534 g/mol. The second-order valence-electron chi connectivity index (χ2n) is 6.48. The fraction of sp³-hybridized carbons (Fsp3) is 0.364. The molecule has 0 aliphatic rings. The Kier molecular flexibility index (Phi) is 7.98. The van der Waals surface area contributed by atoms with E-state index in [1.807, 2.05) is 24.5 Å². The number of hydrogen-bond donors (Lipinski definition) is 0. The molecule has 0 atom stereocenters. The van der Waals surface area contributed by atoms with Crippen LogP contribution in [0.3, 0.4) is 0 Å². The Hall–Kier alpha value is -1.93. The van der Waals surface area contributed by atoms with Crippen LogP contribution in [0.1, 0.15) is 57.7 Å². The molecule has 1 aromatic carbocycles. The first-order valence-electron chi connectivity index (χ1n) is 9.08. The molecule has 2 aromatic heterocycles. The molecule has 4 nitrogen and oxygen atoms in total. The van der Waals surface area contributed by atoms with Crippen molar-refractivity contribution >= 4 is 16.8 Å². The summed E-state index contributed by atoms with van der Waals surface area (Å²) in [6.45, 7) is 15.3. The van der Waals surface area contributed by atoms with Crippen LogP contribution >= 0.6 is 0 Å². The summed E-state index contributed by atoms with van der Waals surface area (Å²) in [5.74, 6) is -0.665. The SMILES string of the molecule is CC.Cc1c(C)c(C)c(Cn2c(C([NH-])=O)cc3ccncc32)c(C)c1C.[W]. The molecule has 0 aliphatic carbocycles. The second kappa shape index (κ2) is 9.32. The fourth-order valence-electron chi connectivity index (χ4n) is 3.43. The Morgan fingerprint density at radius 3 is 2.04 bits per heavy atom. The minimum Gasteiger partial charge on any atom is -0.662 e. The van der Waals surface area contributed by atoms with Gasteiger partial charge in [0.2, 0.25) is 0 Å². The van der Waals surface area contributed by atoms with Crippen LogP contribution in [0.25, 0.3) is 16.6 Å². The van der Waals surface area contributed by atoms with Gasteiger partial charge in [0.25, 0.3) is 0 Å². The van der Waals surface area contributed by atoms with Gasteiger partial charge in [0.15, 0.2) is 0 Å². The number of rotatable bonds is 3. The van der Waals surface area contributed by atoms with Gasteiger partial charge in [-0.1, -0.05) is 13.8 Å². The summed E-state index contributed by atoms with van der Waals surface area (Å²) in [6.07, 6.45) is 3.47. The van der Waals surface area contributed by atoms with Gasteiger partial charge in [-0.15, -0.1) is 0 Å². The molecular weight excluding hydrogens is 506 g/mol. The molecule has 0 radical (unpaired) electrons. The average Bonchev–Trinajstić information content (AvgIpc) is 3.02. The van der Waals surface area contributed by atoms with Crippen LogP contribution in [0.4, 0.5) is 0 Å². The number of nitrogens with zero attached hydrogens (tertiary/aromatic N) is 2. The summed E-state index contributed by atoms with van der Waals surface area (Å²) in [4.78, 5) is 16.0. The van der Waals surface area contributed by atoms with E-state index in [0.29, 0.717) is 12.2 Å². The van der Waals surface area contributed by atoms with Crippen molar-refractivity contribution in [3.05, 3.63) is 69.3 Å². The Morgan fingerprint density at radius 2 is 1.52 bits per heavy atom. The molecule has 0 saturated heterocycles. The predicted octanol–water partition coefficient (Wildman–Crippen LogP) is 5.84. The van der Waals surface area contributed by atoms with Crippen molar-refractivity contribution in [3.8, 4) is 0 Å². The molecule has 0 saturated carbocycles. The molecule has 1 N–H and O–H groups in total. The van der Waals surface area contributed by atoms with Crippen molar-refractivity contribution < 1.29 is 25.9 Å². The monoisotopic (exact) mass is 534 g/mol. The molecule has 0 bridgehead atoms. The van der Waals surface area contributed by atoms with Crippen molar-refractivity contribution in [3.63, 3.8) is 0 Å². The molecular formula is C22H28N3OW-. The van der Waals surface area contributed by atoms with Crippen LogP contribution in [-0.2, 0) is 27.6 Å². The van der Waals surface area contributed by atoms with E-state index >= 15 is 0 Å². The van der Waals surface area contributed by atoms with Crippen LogP contribution in [0.15, 0.2) is 24.5 Å². The van der Waals surface area contributed by atoms with Crippen molar-refractivity contribution in [2.75, 3.05) is 0 Å². The quantitative estimate of drug-likeness (QED) is 0.424. The predicted molar refractivity (Wildman–Crippen MR) is 109 cm³/mol. The zero-order valence-electron chi connectivity index (χ0n) is 17.2. The number of nitrogens with one attached hydrogen (secondary N) is 1. The van der Waals surface area contributed by atoms with Crippen molar-refractivity contribution in [1.82, 2.24) is 9.55 Å². The van der Waals surface area contributed by atoms with Gasteiger partial charge in [0.05, 0.1) is 23.3 Å². The van der Waals surface area contributed by atoms with Crippen LogP contribution < -0.4 is 0 Å². The summed E-state index contributed by atoms with van der Waals surface area (Å²) in [5.41, 5.74) is 16.5. The molecule has 3 rings (SSSR count). The molecule has 0 unspecified atom stereocenters. The smallest absolute Gasteiger partial charge is 0.0964 e. The fourth-order valence-corrected chi connectivity index (χ4v) is 3.43. The van der Waals surface area contributed by atoms with Gasteiger partial charge >= 0.3 is 0 Å². The summed E-state index contributed by atoms with van der Waals surface area (Å²) < 4.78 is 1.92. The summed E-state index contributed by atoms with van der Waals surface area (Å²) in [7, 11) is 0. The standard InChI is InChI=1S/C20H23N3O.C2H6.W/c1-11-12(2)14(4)17(15(5)13(11)3)10-23-18(20(21)24)8-16-6-7-22-9-19(16)23;1-2;/h6-9H,10H2,1-5H3,(H2,21,24);1-2H3;/p-1. The van der Waals surface area contributed by atoms with Gasteiger partial charge in [-0.2, -0.15) is 0 Å². The third-order valence-corrected chi connectivity index (χ3v) is 5.41. The maximum atomic E-state index is 11.8. The Balaban J connectivity index is 0.00000118. The van der Waals surface area contributed by atoms with E-state index in [4.69, 9.17) is 5.73 Å². The molecule has 3 aromatic rings. The van der Waals surface area contributed by atoms with E-state index in [2.05, 4.69) is 39.6 Å². The van der Waals surface area contributed by atoms with Crippen molar-refractivity contribution in [2.45, 2.75) is 55.0 Å². The number of carbonyl (C=O) groups is 1. The minimum absolute atomic E-state index is 0. The molecule has 2 heterocycles. The molecule has 0 fully saturated rings. The van der Waals surface area contributed by atoms with E-state index < -0.39 is 5.91 Å². The van der Waals surface area contributed by atoms with E-state index in [0.717, 1.165) is 10.9 Å². The Labute approximate surface area is 176 Å². The zero-order chi connectivity index (χ0) is 19.6. The van der Waals surface area contributed by atoms with Gasteiger partial charge in [-0.25, -0.2) is 0 Å². The second-order valence-corrected chi connectivity index (χ2v) is 6.48. The first-order valence-corrected chi connectivity index (χ1v) is 9.08. The number of fused-ring (bicyclic) bond motifs is 1. The van der Waals surface area contributed by atoms with Crippen LogP contribution in [0, 0.1) is 34.6 Å². The van der Waals surface area contributed by atoms with Crippen molar-refractivity contribution in [1.29, 1.82) is 0 Å². The summed E-state index contributed by atoms with van der Waals surface area (Å²) in [5, 5.41) is 0.941. The van der Waals surface area contributed by atoms with E-state index in [-0.39, 0.29) is 21.1 Å². The zero-order valence-corrected chi connectivity index (χ0v) is 20.2. The molecule has 0 spiro atoms. The van der Waals surface area contributed by atoms with Gasteiger partial charge in [0, 0.05) is 39.2 Å². The third-order valence-electron chi connectivity index (χ3n) is 5.41. The Bertz CT molecular complexity index is 944. The summed E-state index contributed by atoms with van der Waals surface area (Å²) in [6, 6.07) is 3.66. The van der Waals surface area contributed by atoms with Crippen molar-refractivity contribution in [2.24, 2.45) is 0 Å². The Morgan fingerprint density at radius 1 is 1.00 bits per heavy atom. The van der Waals surface area contributed by atoms with Crippen LogP contribution in [0.5, 0.6) is 0 Å². The van der Waals surface area contributed by atoms with Gasteiger partial charge in [0.1, 0.15) is 0 Å². The minimum atomic E-state index is -0.665. The molecule has 144 valence electrons. The maximum absolute atomic E-state index is 11.8.